The molecule has 0 saturated carbocycles. The molecule has 1 aromatic heterocycles. The monoisotopic (exact) mass is 298 g/mol. The lowest BCUT2D eigenvalue weighted by atomic mass is 10.2. The van der Waals surface area contributed by atoms with E-state index in [9.17, 15) is 0 Å². The molecule has 0 radical (unpaired) electrons. The van der Waals surface area contributed by atoms with Crippen LogP contribution in [0.5, 0.6) is 0 Å². The summed E-state index contributed by atoms with van der Waals surface area (Å²) in [6.07, 6.45) is 0. The Labute approximate surface area is 126 Å². The highest BCUT2D eigenvalue weighted by molar-refractivity contribution is 6.30. The van der Waals surface area contributed by atoms with Crippen LogP contribution in [0.2, 0.25) is 5.02 Å². The zero-order valence-electron chi connectivity index (χ0n) is 10.9. The van der Waals surface area contributed by atoms with Crippen LogP contribution in [-0.2, 0) is 0 Å². The zero-order chi connectivity index (χ0) is 14.7. The molecule has 104 valence electrons. The van der Waals surface area contributed by atoms with Crippen molar-refractivity contribution in [3.63, 3.8) is 0 Å². The van der Waals surface area contributed by atoms with Gasteiger partial charge in [-0.2, -0.15) is 4.99 Å². The van der Waals surface area contributed by atoms with Crippen LogP contribution in [0.1, 0.15) is 5.56 Å². The van der Waals surface area contributed by atoms with Gasteiger partial charge in [0.1, 0.15) is 5.84 Å². The molecule has 2 aromatic carbocycles. The predicted octanol–water partition coefficient (Wildman–Crippen LogP) is 3.43. The zero-order valence-corrected chi connectivity index (χ0v) is 11.7. The van der Waals surface area contributed by atoms with E-state index in [2.05, 4.69) is 15.2 Å². The Balaban J connectivity index is 1.86. The van der Waals surface area contributed by atoms with Gasteiger partial charge in [-0.05, 0) is 36.4 Å². The third-order valence-electron chi connectivity index (χ3n) is 2.79. The van der Waals surface area contributed by atoms with Gasteiger partial charge < -0.3 is 10.2 Å². The minimum atomic E-state index is 0.112. The molecule has 21 heavy (non-hydrogen) atoms. The summed E-state index contributed by atoms with van der Waals surface area (Å²) in [7, 11) is 0. The highest BCUT2D eigenvalue weighted by atomic mass is 35.5. The summed E-state index contributed by atoms with van der Waals surface area (Å²) < 4.78 is 5.47. The highest BCUT2D eigenvalue weighted by Gasteiger charge is 2.08. The summed E-state index contributed by atoms with van der Waals surface area (Å²) in [6, 6.07) is 16.6. The molecule has 6 heteroatoms. The second kappa shape index (κ2) is 5.76. The molecule has 2 N–H and O–H groups in total. The van der Waals surface area contributed by atoms with Gasteiger partial charge in [0.2, 0.25) is 5.89 Å². The fraction of sp³-hybridized carbons (Fsp3) is 0. The molecule has 1 heterocycles. The summed E-state index contributed by atoms with van der Waals surface area (Å²) in [4.78, 5) is 4.12. The first-order chi connectivity index (χ1) is 10.2. The fourth-order valence-electron chi connectivity index (χ4n) is 1.75. The van der Waals surface area contributed by atoms with E-state index in [0.29, 0.717) is 10.9 Å². The molecule has 0 fully saturated rings. The van der Waals surface area contributed by atoms with Gasteiger partial charge in [-0.1, -0.05) is 34.9 Å². The molecule has 3 rings (SSSR count). The lowest BCUT2D eigenvalue weighted by Gasteiger charge is -1.98. The maximum atomic E-state index is 5.90. The Morgan fingerprint density at radius 2 is 1.71 bits per heavy atom. The first-order valence-electron chi connectivity index (χ1n) is 6.21. The van der Waals surface area contributed by atoms with Crippen molar-refractivity contribution in [2.75, 3.05) is 0 Å². The van der Waals surface area contributed by atoms with Crippen molar-refractivity contribution >= 4 is 23.5 Å². The minimum absolute atomic E-state index is 0.112. The number of rotatable bonds is 3. The van der Waals surface area contributed by atoms with E-state index in [-0.39, 0.29) is 11.9 Å². The topological polar surface area (TPSA) is 77.3 Å². The number of hydrogen-bond donors (Lipinski definition) is 1. The quantitative estimate of drug-likeness (QED) is 0.593. The van der Waals surface area contributed by atoms with Gasteiger partial charge in [-0.15, -0.1) is 5.10 Å². The molecule has 3 aromatic rings. The number of nitrogens with zero attached hydrogens (tertiary/aromatic N) is 3. The van der Waals surface area contributed by atoms with E-state index >= 15 is 0 Å². The molecular weight excluding hydrogens is 288 g/mol. The molecule has 0 saturated heterocycles. The number of hydrogen-bond acceptors (Lipinski definition) is 4. The first-order valence-corrected chi connectivity index (χ1v) is 6.59. The van der Waals surface area contributed by atoms with Gasteiger partial charge in [-0.25, -0.2) is 0 Å². The van der Waals surface area contributed by atoms with E-state index in [1.165, 1.54) is 0 Å². The van der Waals surface area contributed by atoms with E-state index in [0.717, 1.165) is 11.1 Å². The number of aromatic nitrogens is 2. The Morgan fingerprint density at radius 1 is 1.00 bits per heavy atom. The molecule has 0 aliphatic carbocycles. The Morgan fingerprint density at radius 3 is 2.43 bits per heavy atom. The molecule has 0 aliphatic rings. The van der Waals surface area contributed by atoms with Gasteiger partial charge in [-0.3, -0.25) is 0 Å². The van der Waals surface area contributed by atoms with Crippen molar-refractivity contribution < 1.29 is 4.42 Å². The van der Waals surface area contributed by atoms with E-state index in [4.69, 9.17) is 21.8 Å². The summed E-state index contributed by atoms with van der Waals surface area (Å²) in [5, 5.41) is 8.45. The van der Waals surface area contributed by atoms with Crippen molar-refractivity contribution in [2.45, 2.75) is 0 Å². The molecule has 0 atom stereocenters. The second-order valence-corrected chi connectivity index (χ2v) is 4.70. The number of nitrogens with two attached hydrogens (primary N) is 1. The normalized spacial score (nSPS) is 11.6. The van der Waals surface area contributed by atoms with E-state index < -0.39 is 0 Å². The molecule has 5 nitrogen and oxygen atoms in total. The van der Waals surface area contributed by atoms with Crippen LogP contribution >= 0.6 is 11.6 Å². The number of benzene rings is 2. The van der Waals surface area contributed by atoms with Crippen LogP contribution < -0.4 is 5.73 Å². The van der Waals surface area contributed by atoms with Gasteiger partial charge in [0.05, 0.1) is 0 Å². The van der Waals surface area contributed by atoms with Gasteiger partial charge >= 0.3 is 6.01 Å². The molecule has 0 unspecified atom stereocenters. The van der Waals surface area contributed by atoms with Crippen molar-refractivity contribution in [1.29, 1.82) is 0 Å². The lowest BCUT2D eigenvalue weighted by molar-refractivity contribution is 0.580. The number of halogens is 1. The molecule has 0 aliphatic heterocycles. The molecule has 0 amide bonds. The largest absolute Gasteiger partial charge is 0.402 e. The van der Waals surface area contributed by atoms with Crippen LogP contribution in [0.4, 0.5) is 6.01 Å². The van der Waals surface area contributed by atoms with Crippen molar-refractivity contribution in [2.24, 2.45) is 10.7 Å². The van der Waals surface area contributed by atoms with Crippen molar-refractivity contribution in [1.82, 2.24) is 10.2 Å². The summed E-state index contributed by atoms with van der Waals surface area (Å²) in [5.41, 5.74) is 7.47. The number of amidine groups is 1. The minimum Gasteiger partial charge on any atom is -0.402 e. The maximum absolute atomic E-state index is 5.90. The Bertz CT molecular complexity index is 766. The van der Waals surface area contributed by atoms with Crippen LogP contribution in [0.25, 0.3) is 11.5 Å². The van der Waals surface area contributed by atoms with Crippen molar-refractivity contribution in [3.8, 4) is 11.5 Å². The third-order valence-corrected chi connectivity index (χ3v) is 3.04. The van der Waals surface area contributed by atoms with Gasteiger partial charge in [0.15, 0.2) is 0 Å². The Kier molecular flexibility index (Phi) is 3.66. The summed E-state index contributed by atoms with van der Waals surface area (Å²) in [6.45, 7) is 0. The summed E-state index contributed by atoms with van der Waals surface area (Å²) in [5.74, 6) is 0.688. The molecule has 0 bridgehead atoms. The van der Waals surface area contributed by atoms with Crippen LogP contribution in [-0.4, -0.2) is 16.0 Å². The highest BCUT2D eigenvalue weighted by Crippen LogP contribution is 2.21. The average molecular weight is 299 g/mol. The predicted molar refractivity (Wildman–Crippen MR) is 81.6 cm³/mol. The first kappa shape index (κ1) is 13.3. The van der Waals surface area contributed by atoms with Crippen LogP contribution in [0.15, 0.2) is 64.0 Å². The summed E-state index contributed by atoms with van der Waals surface area (Å²) >= 11 is 5.83. The average Bonchev–Trinajstić information content (AvgIpc) is 2.97. The van der Waals surface area contributed by atoms with E-state index in [1.54, 1.807) is 24.3 Å². The second-order valence-electron chi connectivity index (χ2n) is 4.26. The maximum Gasteiger partial charge on any atom is 0.344 e. The third kappa shape index (κ3) is 3.09. The molecule has 0 spiro atoms. The fourth-order valence-corrected chi connectivity index (χ4v) is 1.87. The SMILES string of the molecule is N/C(=N\c1nnc(-c2ccccc2)o1)c1ccc(Cl)cc1. The lowest BCUT2D eigenvalue weighted by Crippen LogP contribution is -2.12. The van der Waals surface area contributed by atoms with Crippen molar-refractivity contribution in [3.05, 3.63) is 65.2 Å². The van der Waals surface area contributed by atoms with Crippen LogP contribution in [0, 0.1) is 0 Å². The van der Waals surface area contributed by atoms with Crippen LogP contribution in [0.3, 0.4) is 0 Å². The molecular formula is C15H11ClN4O. The van der Waals surface area contributed by atoms with Gasteiger partial charge in [0, 0.05) is 16.1 Å². The van der Waals surface area contributed by atoms with E-state index in [1.807, 2.05) is 30.3 Å². The van der Waals surface area contributed by atoms with Gasteiger partial charge in [0.25, 0.3) is 0 Å². The smallest absolute Gasteiger partial charge is 0.344 e. The Hall–Kier alpha value is -2.66. The standard InChI is InChI=1S/C15H11ClN4O/c16-12-8-6-10(7-9-12)13(17)18-15-20-19-14(21-15)11-4-2-1-3-5-11/h1-9H,(H2,17,18,20). The number of aliphatic imine (C=N–C) groups is 1.